The van der Waals surface area contributed by atoms with Gasteiger partial charge in [-0.1, -0.05) is 19.1 Å². The Morgan fingerprint density at radius 3 is 2.95 bits per heavy atom. The molecule has 0 radical (unpaired) electrons. The van der Waals surface area contributed by atoms with Crippen molar-refractivity contribution in [1.82, 2.24) is 4.90 Å². The Labute approximate surface area is 120 Å². The average Bonchev–Trinajstić information content (AvgIpc) is 2.93. The topological polar surface area (TPSA) is 60.8 Å². The summed E-state index contributed by atoms with van der Waals surface area (Å²) in [5, 5.41) is 19.1. The molecule has 1 aromatic rings. The molecule has 0 bridgehead atoms. The van der Waals surface area contributed by atoms with Gasteiger partial charge in [-0.05, 0) is 43.7 Å². The number of rotatable bonds is 5. The third-order valence-corrected chi connectivity index (χ3v) is 4.06. The van der Waals surface area contributed by atoms with E-state index in [9.17, 15) is 9.90 Å². The minimum atomic E-state index is -0.0850. The molecule has 4 nitrogen and oxygen atoms in total. The molecule has 4 heteroatoms. The summed E-state index contributed by atoms with van der Waals surface area (Å²) in [7, 11) is 0. The van der Waals surface area contributed by atoms with E-state index >= 15 is 0 Å². The number of hydrogen-bond acceptors (Lipinski definition) is 3. The van der Waals surface area contributed by atoms with Crippen molar-refractivity contribution in [1.29, 1.82) is 0 Å². The molecule has 110 valence electrons. The van der Waals surface area contributed by atoms with E-state index in [2.05, 4.69) is 0 Å². The first-order valence-corrected chi connectivity index (χ1v) is 7.41. The van der Waals surface area contributed by atoms with Gasteiger partial charge in [0.2, 0.25) is 0 Å². The number of benzene rings is 1. The molecule has 1 heterocycles. The Bertz CT molecular complexity index is 473. The van der Waals surface area contributed by atoms with E-state index in [0.717, 1.165) is 37.8 Å². The molecule has 0 aromatic heterocycles. The van der Waals surface area contributed by atoms with Gasteiger partial charge < -0.3 is 15.1 Å². The Kier molecular flexibility index (Phi) is 5.01. The lowest BCUT2D eigenvalue weighted by atomic mass is 10.0. The zero-order chi connectivity index (χ0) is 14.5. The summed E-state index contributed by atoms with van der Waals surface area (Å²) in [4.78, 5) is 14.5. The second-order valence-electron chi connectivity index (χ2n) is 5.33. The summed E-state index contributed by atoms with van der Waals surface area (Å²) in [5.74, 6) is 0.0334. The maximum atomic E-state index is 12.6. The van der Waals surface area contributed by atoms with Gasteiger partial charge in [-0.15, -0.1) is 0 Å². The molecule has 1 unspecified atom stereocenters. The van der Waals surface area contributed by atoms with E-state index in [4.69, 9.17) is 5.11 Å². The molecular formula is C16H23NO3. The van der Waals surface area contributed by atoms with Gasteiger partial charge in [-0.25, -0.2) is 0 Å². The molecule has 2 rings (SSSR count). The van der Waals surface area contributed by atoms with Crippen LogP contribution in [0, 0.1) is 0 Å². The maximum absolute atomic E-state index is 12.6. The molecule has 1 fully saturated rings. The maximum Gasteiger partial charge on any atom is 0.257 e. The van der Waals surface area contributed by atoms with E-state index < -0.39 is 0 Å². The first kappa shape index (κ1) is 14.9. The number of likely N-dealkylation sites (tertiary alicyclic amines) is 1. The third-order valence-electron chi connectivity index (χ3n) is 4.06. The lowest BCUT2D eigenvalue weighted by Gasteiger charge is -2.25. The van der Waals surface area contributed by atoms with E-state index in [1.165, 1.54) is 0 Å². The second kappa shape index (κ2) is 6.75. The normalized spacial score (nSPS) is 18.5. The largest absolute Gasteiger partial charge is 0.507 e. The van der Waals surface area contributed by atoms with Gasteiger partial charge in [0.05, 0.1) is 5.56 Å². The molecule has 1 amide bonds. The van der Waals surface area contributed by atoms with E-state index in [1.807, 2.05) is 24.0 Å². The zero-order valence-electron chi connectivity index (χ0n) is 12.0. The fourth-order valence-corrected chi connectivity index (χ4v) is 2.93. The van der Waals surface area contributed by atoms with Crippen molar-refractivity contribution in [3.63, 3.8) is 0 Å². The summed E-state index contributed by atoms with van der Waals surface area (Å²) in [6.07, 6.45) is 4.24. The predicted molar refractivity (Wildman–Crippen MR) is 77.9 cm³/mol. The van der Waals surface area contributed by atoms with Crippen LogP contribution in [-0.2, 0) is 6.42 Å². The molecule has 0 spiro atoms. The van der Waals surface area contributed by atoms with Crippen LogP contribution in [0.2, 0.25) is 0 Å². The lowest BCUT2D eigenvalue weighted by molar-refractivity contribution is 0.0721. The van der Waals surface area contributed by atoms with Crippen molar-refractivity contribution in [3.8, 4) is 5.75 Å². The number of aliphatic hydroxyl groups is 1. The van der Waals surface area contributed by atoms with Crippen LogP contribution in [0.1, 0.15) is 48.5 Å². The summed E-state index contributed by atoms with van der Waals surface area (Å²) < 4.78 is 0. The number of phenols is 1. The number of nitrogens with zero attached hydrogens (tertiary/aromatic N) is 1. The number of amides is 1. The molecule has 0 saturated carbocycles. The zero-order valence-corrected chi connectivity index (χ0v) is 12.0. The summed E-state index contributed by atoms with van der Waals surface area (Å²) in [6.45, 7) is 2.86. The van der Waals surface area contributed by atoms with Crippen LogP contribution >= 0.6 is 0 Å². The highest BCUT2D eigenvalue weighted by Gasteiger charge is 2.30. The fraction of sp³-hybridized carbons (Fsp3) is 0.562. The lowest BCUT2D eigenvalue weighted by Crippen LogP contribution is -2.35. The van der Waals surface area contributed by atoms with Crippen LogP contribution in [0.5, 0.6) is 5.75 Å². The van der Waals surface area contributed by atoms with Crippen LogP contribution in [0.25, 0.3) is 0 Å². The molecule has 20 heavy (non-hydrogen) atoms. The number of aliphatic hydroxyl groups excluding tert-OH is 1. The predicted octanol–water partition coefficient (Wildman–Crippen LogP) is 2.33. The van der Waals surface area contributed by atoms with Crippen molar-refractivity contribution in [2.24, 2.45) is 0 Å². The van der Waals surface area contributed by atoms with E-state index in [1.54, 1.807) is 6.07 Å². The monoisotopic (exact) mass is 277 g/mol. The number of para-hydroxylation sites is 1. The van der Waals surface area contributed by atoms with Gasteiger partial charge >= 0.3 is 0 Å². The molecule has 2 N–H and O–H groups in total. The van der Waals surface area contributed by atoms with Gasteiger partial charge in [0, 0.05) is 19.2 Å². The smallest absolute Gasteiger partial charge is 0.257 e. The van der Waals surface area contributed by atoms with Gasteiger partial charge in [-0.3, -0.25) is 4.79 Å². The highest BCUT2D eigenvalue weighted by atomic mass is 16.3. The molecule has 1 aromatic carbocycles. The number of aryl methyl sites for hydroxylation is 1. The molecular weight excluding hydrogens is 254 g/mol. The highest BCUT2D eigenvalue weighted by Crippen LogP contribution is 2.28. The van der Waals surface area contributed by atoms with Gasteiger partial charge in [0.25, 0.3) is 5.91 Å². The van der Waals surface area contributed by atoms with Crippen LogP contribution in [-0.4, -0.2) is 40.2 Å². The quantitative estimate of drug-likeness (QED) is 0.868. The van der Waals surface area contributed by atoms with Crippen LogP contribution < -0.4 is 0 Å². The number of phenolic OH excluding ortho intramolecular Hbond substituents is 1. The molecule has 0 aliphatic carbocycles. The average molecular weight is 277 g/mol. The van der Waals surface area contributed by atoms with Crippen molar-refractivity contribution in [3.05, 3.63) is 29.3 Å². The summed E-state index contributed by atoms with van der Waals surface area (Å²) >= 11 is 0. The Morgan fingerprint density at radius 1 is 1.45 bits per heavy atom. The van der Waals surface area contributed by atoms with Crippen molar-refractivity contribution in [2.45, 2.75) is 45.1 Å². The third kappa shape index (κ3) is 2.96. The molecule has 1 aliphatic rings. The van der Waals surface area contributed by atoms with Gasteiger partial charge in [-0.2, -0.15) is 0 Å². The standard InChI is InChI=1S/C16H23NO3/c1-2-12-6-3-9-14(15(12)19)16(20)17-10-4-7-13(17)8-5-11-18/h3,6,9,13,18-19H,2,4-5,7-8,10-11H2,1H3. The molecule has 1 atom stereocenters. The number of carbonyl (C=O) groups is 1. The summed E-state index contributed by atoms with van der Waals surface area (Å²) in [5.41, 5.74) is 1.21. The Hall–Kier alpha value is -1.55. The first-order chi connectivity index (χ1) is 9.69. The van der Waals surface area contributed by atoms with E-state index in [-0.39, 0.29) is 24.3 Å². The Morgan fingerprint density at radius 2 is 2.25 bits per heavy atom. The van der Waals surface area contributed by atoms with Crippen LogP contribution in [0.4, 0.5) is 0 Å². The van der Waals surface area contributed by atoms with Gasteiger partial charge in [0.1, 0.15) is 5.75 Å². The minimum absolute atomic E-state index is 0.0850. The van der Waals surface area contributed by atoms with Crippen molar-refractivity contribution < 1.29 is 15.0 Å². The number of hydrogen-bond donors (Lipinski definition) is 2. The molecule has 1 aliphatic heterocycles. The minimum Gasteiger partial charge on any atom is -0.507 e. The van der Waals surface area contributed by atoms with Crippen LogP contribution in [0.3, 0.4) is 0 Å². The van der Waals surface area contributed by atoms with Gasteiger partial charge in [0.15, 0.2) is 0 Å². The number of carbonyl (C=O) groups excluding carboxylic acids is 1. The summed E-state index contributed by atoms with van der Waals surface area (Å²) in [6, 6.07) is 5.56. The fourth-order valence-electron chi connectivity index (χ4n) is 2.93. The van der Waals surface area contributed by atoms with E-state index in [0.29, 0.717) is 12.0 Å². The first-order valence-electron chi connectivity index (χ1n) is 7.41. The van der Waals surface area contributed by atoms with Crippen molar-refractivity contribution >= 4 is 5.91 Å². The number of aromatic hydroxyl groups is 1. The highest BCUT2D eigenvalue weighted by molar-refractivity contribution is 5.97. The molecule has 1 saturated heterocycles. The van der Waals surface area contributed by atoms with Crippen molar-refractivity contribution in [2.75, 3.05) is 13.2 Å². The second-order valence-corrected chi connectivity index (χ2v) is 5.33. The van der Waals surface area contributed by atoms with Crippen LogP contribution in [0.15, 0.2) is 18.2 Å². The Balaban J connectivity index is 2.18. The SMILES string of the molecule is CCc1cccc(C(=O)N2CCCC2CCCO)c1O.